The number of hydrogen-bond donors (Lipinski definition) is 2. The lowest BCUT2D eigenvalue weighted by atomic mass is 10.1. The Bertz CT molecular complexity index is 917. The Hall–Kier alpha value is -3.54. The molecule has 0 bridgehead atoms. The van der Waals surface area contributed by atoms with Gasteiger partial charge in [-0.25, -0.2) is 4.68 Å². The Morgan fingerprint density at radius 2 is 1.97 bits per heavy atom. The zero-order valence-corrected chi connectivity index (χ0v) is 16.7. The van der Waals surface area contributed by atoms with Crippen molar-refractivity contribution in [2.24, 2.45) is 4.99 Å². The second-order valence-corrected chi connectivity index (χ2v) is 6.43. The summed E-state index contributed by atoms with van der Waals surface area (Å²) < 4.78 is 7.55. The molecule has 0 spiro atoms. The van der Waals surface area contributed by atoms with Crippen LogP contribution in [0, 0.1) is 0 Å². The standard InChI is InChI=1S/C23H27N5O/c1-3-17-29-22-8-5-4-7-20(22)18-26-23(24-2)25-15-13-19-9-11-21(12-10-19)28-16-6-14-27-28/h3-12,14,16H,1,13,15,17-18H2,2H3,(H2,24,25,26). The third kappa shape index (κ3) is 5.97. The number of para-hydroxylation sites is 1. The van der Waals surface area contributed by atoms with Gasteiger partial charge in [-0.15, -0.1) is 0 Å². The van der Waals surface area contributed by atoms with Crippen molar-refractivity contribution < 1.29 is 4.74 Å². The van der Waals surface area contributed by atoms with Crippen LogP contribution in [0.3, 0.4) is 0 Å². The molecule has 1 aromatic heterocycles. The van der Waals surface area contributed by atoms with Crippen LogP contribution in [0.25, 0.3) is 5.69 Å². The van der Waals surface area contributed by atoms with Crippen LogP contribution in [0.1, 0.15) is 11.1 Å². The van der Waals surface area contributed by atoms with Crippen molar-refractivity contribution in [2.45, 2.75) is 13.0 Å². The molecule has 3 aromatic rings. The molecule has 0 radical (unpaired) electrons. The molecule has 0 aliphatic carbocycles. The third-order valence-electron chi connectivity index (χ3n) is 4.41. The molecule has 0 saturated heterocycles. The van der Waals surface area contributed by atoms with Gasteiger partial charge in [0.2, 0.25) is 0 Å². The largest absolute Gasteiger partial charge is 0.489 e. The van der Waals surface area contributed by atoms with Crippen molar-refractivity contribution in [1.29, 1.82) is 0 Å². The molecule has 0 saturated carbocycles. The van der Waals surface area contributed by atoms with E-state index in [1.165, 1.54) is 5.56 Å². The van der Waals surface area contributed by atoms with Gasteiger partial charge in [-0.2, -0.15) is 5.10 Å². The van der Waals surface area contributed by atoms with E-state index >= 15 is 0 Å². The molecular weight excluding hydrogens is 362 g/mol. The number of nitrogens with one attached hydrogen (secondary N) is 2. The number of hydrogen-bond acceptors (Lipinski definition) is 3. The summed E-state index contributed by atoms with van der Waals surface area (Å²) in [5, 5.41) is 10.9. The number of aromatic nitrogens is 2. The van der Waals surface area contributed by atoms with Crippen LogP contribution in [0.5, 0.6) is 5.75 Å². The molecule has 0 amide bonds. The lowest BCUT2D eigenvalue weighted by Crippen LogP contribution is -2.37. The molecule has 1 heterocycles. The normalized spacial score (nSPS) is 11.1. The lowest BCUT2D eigenvalue weighted by molar-refractivity contribution is 0.358. The van der Waals surface area contributed by atoms with Crippen molar-refractivity contribution >= 4 is 5.96 Å². The van der Waals surface area contributed by atoms with Crippen molar-refractivity contribution in [3.63, 3.8) is 0 Å². The van der Waals surface area contributed by atoms with Crippen LogP contribution < -0.4 is 15.4 Å². The monoisotopic (exact) mass is 389 g/mol. The van der Waals surface area contributed by atoms with E-state index in [0.717, 1.165) is 35.9 Å². The number of nitrogens with zero attached hydrogens (tertiary/aromatic N) is 3. The van der Waals surface area contributed by atoms with Gasteiger partial charge in [0.05, 0.1) is 5.69 Å². The van der Waals surface area contributed by atoms with Gasteiger partial charge >= 0.3 is 0 Å². The Morgan fingerprint density at radius 1 is 1.14 bits per heavy atom. The first-order valence-electron chi connectivity index (χ1n) is 9.65. The predicted octanol–water partition coefficient (Wildman–Crippen LogP) is 3.34. The maximum absolute atomic E-state index is 5.70. The Labute approximate surface area is 171 Å². The Morgan fingerprint density at radius 3 is 2.69 bits per heavy atom. The molecule has 6 nitrogen and oxygen atoms in total. The van der Waals surface area contributed by atoms with Gasteiger partial charge in [0.25, 0.3) is 0 Å². The van der Waals surface area contributed by atoms with Crippen LogP contribution in [-0.4, -0.2) is 35.9 Å². The van der Waals surface area contributed by atoms with E-state index in [0.29, 0.717) is 13.2 Å². The smallest absolute Gasteiger partial charge is 0.191 e. The second kappa shape index (κ2) is 10.7. The van der Waals surface area contributed by atoms with Gasteiger partial charge in [0.15, 0.2) is 5.96 Å². The fourth-order valence-electron chi connectivity index (χ4n) is 2.90. The minimum Gasteiger partial charge on any atom is -0.489 e. The molecule has 0 unspecified atom stereocenters. The van der Waals surface area contributed by atoms with Gasteiger partial charge in [-0.1, -0.05) is 43.0 Å². The average Bonchev–Trinajstić information content (AvgIpc) is 3.30. The summed E-state index contributed by atoms with van der Waals surface area (Å²) in [4.78, 5) is 4.30. The van der Waals surface area contributed by atoms with Crippen LogP contribution in [0.15, 0.2) is 84.6 Å². The van der Waals surface area contributed by atoms with E-state index in [-0.39, 0.29) is 0 Å². The molecule has 0 aliphatic rings. The van der Waals surface area contributed by atoms with Crippen LogP contribution >= 0.6 is 0 Å². The number of ether oxygens (including phenoxy) is 1. The summed E-state index contributed by atoms with van der Waals surface area (Å²) in [6.07, 6.45) is 6.36. The van der Waals surface area contributed by atoms with Gasteiger partial charge < -0.3 is 15.4 Å². The number of rotatable bonds is 9. The maximum atomic E-state index is 5.70. The molecule has 6 heteroatoms. The Kier molecular flexibility index (Phi) is 7.46. The van der Waals surface area contributed by atoms with Crippen molar-refractivity contribution in [1.82, 2.24) is 20.4 Å². The van der Waals surface area contributed by atoms with E-state index in [1.807, 2.05) is 41.2 Å². The van der Waals surface area contributed by atoms with E-state index in [2.05, 4.69) is 51.6 Å². The molecular formula is C23H27N5O. The SMILES string of the molecule is C=CCOc1ccccc1CNC(=NC)NCCc1ccc(-n2cccn2)cc1. The molecule has 3 rings (SSSR count). The van der Waals surface area contributed by atoms with Gasteiger partial charge in [0.1, 0.15) is 12.4 Å². The zero-order valence-electron chi connectivity index (χ0n) is 16.7. The summed E-state index contributed by atoms with van der Waals surface area (Å²) in [7, 11) is 1.77. The fraction of sp³-hybridized carbons (Fsp3) is 0.217. The molecule has 2 N–H and O–H groups in total. The first-order chi connectivity index (χ1) is 14.3. The summed E-state index contributed by atoms with van der Waals surface area (Å²) in [5.74, 6) is 1.62. The highest BCUT2D eigenvalue weighted by Crippen LogP contribution is 2.17. The first-order valence-corrected chi connectivity index (χ1v) is 9.65. The molecule has 0 fully saturated rings. The average molecular weight is 390 g/mol. The Balaban J connectivity index is 1.47. The van der Waals surface area contributed by atoms with Gasteiger partial charge in [-0.05, 0) is 36.2 Å². The highest BCUT2D eigenvalue weighted by atomic mass is 16.5. The number of guanidine groups is 1. The summed E-state index contributed by atoms with van der Waals surface area (Å²) in [5.41, 5.74) is 3.39. The molecule has 2 aromatic carbocycles. The predicted molar refractivity (Wildman–Crippen MR) is 118 cm³/mol. The zero-order chi connectivity index (χ0) is 20.3. The maximum Gasteiger partial charge on any atom is 0.191 e. The van der Waals surface area contributed by atoms with E-state index in [1.54, 1.807) is 19.3 Å². The highest BCUT2D eigenvalue weighted by Gasteiger charge is 2.04. The van der Waals surface area contributed by atoms with Gasteiger partial charge in [0, 0.05) is 38.1 Å². The van der Waals surface area contributed by atoms with E-state index < -0.39 is 0 Å². The lowest BCUT2D eigenvalue weighted by Gasteiger charge is -2.14. The number of aliphatic imine (C=N–C) groups is 1. The van der Waals surface area contributed by atoms with E-state index in [4.69, 9.17) is 4.74 Å². The van der Waals surface area contributed by atoms with Gasteiger partial charge in [-0.3, -0.25) is 4.99 Å². The van der Waals surface area contributed by atoms with Crippen molar-refractivity contribution in [3.05, 3.63) is 90.8 Å². The van der Waals surface area contributed by atoms with Crippen LogP contribution in [0.4, 0.5) is 0 Å². The first kappa shape index (κ1) is 20.2. The van der Waals surface area contributed by atoms with Crippen molar-refractivity contribution in [2.75, 3.05) is 20.2 Å². The fourth-order valence-corrected chi connectivity index (χ4v) is 2.90. The van der Waals surface area contributed by atoms with Crippen LogP contribution in [0.2, 0.25) is 0 Å². The van der Waals surface area contributed by atoms with E-state index in [9.17, 15) is 0 Å². The summed E-state index contributed by atoms with van der Waals surface area (Å²) >= 11 is 0. The molecule has 29 heavy (non-hydrogen) atoms. The number of benzene rings is 2. The topological polar surface area (TPSA) is 63.5 Å². The molecule has 0 aliphatic heterocycles. The third-order valence-corrected chi connectivity index (χ3v) is 4.41. The summed E-state index contributed by atoms with van der Waals surface area (Å²) in [6.45, 7) is 5.60. The van der Waals surface area contributed by atoms with Crippen molar-refractivity contribution in [3.8, 4) is 11.4 Å². The van der Waals surface area contributed by atoms with Crippen LogP contribution in [-0.2, 0) is 13.0 Å². The highest BCUT2D eigenvalue weighted by molar-refractivity contribution is 5.79. The second-order valence-electron chi connectivity index (χ2n) is 6.43. The minimum absolute atomic E-state index is 0.489. The molecule has 150 valence electrons. The summed E-state index contributed by atoms with van der Waals surface area (Å²) in [6, 6.07) is 18.3. The minimum atomic E-state index is 0.489. The quantitative estimate of drug-likeness (QED) is 0.335. The molecule has 0 atom stereocenters.